The van der Waals surface area contributed by atoms with Crippen molar-refractivity contribution in [2.24, 2.45) is 5.92 Å². The van der Waals surface area contributed by atoms with Crippen LogP contribution in [0.25, 0.3) is 0 Å². The van der Waals surface area contributed by atoms with E-state index in [1.165, 1.54) is 9.96 Å². The number of ether oxygens (including phenoxy) is 1. The number of hydroxylamine groups is 2. The van der Waals surface area contributed by atoms with Crippen LogP contribution in [0.5, 0.6) is 0 Å². The molecule has 1 saturated carbocycles. The van der Waals surface area contributed by atoms with Crippen LogP contribution in [0.15, 0.2) is 0 Å². The molecule has 1 aliphatic carbocycles. The lowest BCUT2D eigenvalue weighted by Crippen LogP contribution is -2.58. The molecular weight excluding hydrogens is 478 g/mol. The van der Waals surface area contributed by atoms with E-state index in [1.54, 1.807) is 6.92 Å². The van der Waals surface area contributed by atoms with Crippen LogP contribution >= 0.6 is 0 Å². The van der Waals surface area contributed by atoms with E-state index in [2.05, 4.69) is 10.6 Å². The van der Waals surface area contributed by atoms with Crippen molar-refractivity contribution in [3.63, 3.8) is 0 Å². The fourth-order valence-corrected chi connectivity index (χ4v) is 5.79. The lowest BCUT2D eigenvalue weighted by Gasteiger charge is -2.30. The van der Waals surface area contributed by atoms with Gasteiger partial charge in [-0.1, -0.05) is 6.92 Å². The van der Waals surface area contributed by atoms with Crippen LogP contribution in [0.3, 0.4) is 0 Å². The molecule has 35 heavy (non-hydrogen) atoms. The summed E-state index contributed by atoms with van der Waals surface area (Å²) in [7, 11) is -3.59. The predicted octanol–water partition coefficient (Wildman–Crippen LogP) is -0.0943. The second kappa shape index (κ2) is 11.4. The summed E-state index contributed by atoms with van der Waals surface area (Å²) in [6, 6.07) is -2.77. The molecule has 3 fully saturated rings. The lowest BCUT2D eigenvalue weighted by molar-refractivity contribution is -0.172. The number of sulfone groups is 1. The Morgan fingerprint density at radius 1 is 1.06 bits per heavy atom. The van der Waals surface area contributed by atoms with Crippen LogP contribution in [0.2, 0.25) is 0 Å². The van der Waals surface area contributed by atoms with Gasteiger partial charge in [0.2, 0.25) is 5.91 Å². The molecule has 0 aromatic rings. The summed E-state index contributed by atoms with van der Waals surface area (Å²) in [5.41, 5.74) is -0.204. The van der Waals surface area contributed by atoms with Crippen molar-refractivity contribution in [1.29, 1.82) is 0 Å². The molecule has 0 unspecified atom stereocenters. The fraction of sp³-hybridized carbons (Fsp3) is 0.864. The smallest absolute Gasteiger partial charge is 0.318 e. The Labute approximate surface area is 207 Å². The molecule has 2 N–H and O–H groups in total. The lowest BCUT2D eigenvalue weighted by atomic mass is 10.1. The number of carbonyl (C=O) groups excluding carboxylic acids is 3. The van der Waals surface area contributed by atoms with Crippen molar-refractivity contribution in [1.82, 2.24) is 25.5 Å². The molecule has 0 aromatic heterocycles. The Morgan fingerprint density at radius 3 is 2.26 bits per heavy atom. The molecule has 0 aromatic carbocycles. The van der Waals surface area contributed by atoms with Gasteiger partial charge in [-0.25, -0.2) is 18.3 Å². The van der Waals surface area contributed by atoms with E-state index in [9.17, 15) is 22.8 Å². The number of amides is 4. The van der Waals surface area contributed by atoms with Gasteiger partial charge in [0, 0.05) is 18.6 Å². The number of carbonyl (C=O) groups is 3. The maximum atomic E-state index is 13.2. The van der Waals surface area contributed by atoms with E-state index in [4.69, 9.17) is 9.57 Å². The van der Waals surface area contributed by atoms with Gasteiger partial charge in [0.1, 0.15) is 25.5 Å². The van der Waals surface area contributed by atoms with Gasteiger partial charge in [0.05, 0.1) is 24.7 Å². The summed E-state index contributed by atoms with van der Waals surface area (Å²) in [6.45, 7) is 9.71. The van der Waals surface area contributed by atoms with E-state index in [0.29, 0.717) is 26.3 Å². The first kappa shape index (κ1) is 27.6. The highest BCUT2D eigenvalue weighted by atomic mass is 32.2. The van der Waals surface area contributed by atoms with Crippen LogP contribution < -0.4 is 10.6 Å². The maximum Gasteiger partial charge on any atom is 0.318 e. The molecule has 13 heteroatoms. The molecule has 200 valence electrons. The number of nitrogens with one attached hydrogen (secondary N) is 2. The molecule has 3 rings (SSSR count). The van der Waals surface area contributed by atoms with Crippen LogP contribution in [0.1, 0.15) is 47.0 Å². The second-order valence-electron chi connectivity index (χ2n) is 10.4. The van der Waals surface area contributed by atoms with Gasteiger partial charge in [0.25, 0.3) is 5.91 Å². The van der Waals surface area contributed by atoms with Crippen molar-refractivity contribution in [3.05, 3.63) is 0 Å². The number of urea groups is 1. The van der Waals surface area contributed by atoms with Crippen molar-refractivity contribution in [2.75, 3.05) is 51.2 Å². The van der Waals surface area contributed by atoms with Gasteiger partial charge in [-0.05, 0) is 46.0 Å². The van der Waals surface area contributed by atoms with Crippen molar-refractivity contribution < 1.29 is 32.4 Å². The minimum atomic E-state index is -3.59. The Hall–Kier alpha value is -1.96. The minimum Gasteiger partial charge on any atom is -0.378 e. The van der Waals surface area contributed by atoms with E-state index >= 15 is 0 Å². The molecule has 2 aliphatic heterocycles. The van der Waals surface area contributed by atoms with Gasteiger partial charge in [-0.3, -0.25) is 19.3 Å². The standard InChI is InChI=1S/C22H39N5O7S/c1-5-17(20(29)27-14-26(15-34-27)22(2,3)4)23-19(28)18(13-35(31,32)12-16-6-7-16)24-21(30)25-8-10-33-11-9-25/h16-18H,5-15H2,1-4H3,(H,23,28)(H,24,30)/t17-,18-/m0/s1. The highest BCUT2D eigenvalue weighted by molar-refractivity contribution is 7.91. The molecule has 0 spiro atoms. The quantitative estimate of drug-likeness (QED) is 0.433. The molecule has 12 nitrogen and oxygen atoms in total. The van der Waals surface area contributed by atoms with Gasteiger partial charge in [-0.15, -0.1) is 0 Å². The van der Waals surface area contributed by atoms with Crippen LogP contribution in [0, 0.1) is 5.92 Å². The van der Waals surface area contributed by atoms with Gasteiger partial charge < -0.3 is 20.3 Å². The number of morpholine rings is 1. The number of rotatable bonds is 9. The number of hydrogen-bond donors (Lipinski definition) is 2. The minimum absolute atomic E-state index is 0.00933. The topological polar surface area (TPSA) is 138 Å². The molecule has 2 saturated heterocycles. The molecular formula is C22H39N5O7S. The first-order valence-corrected chi connectivity index (χ1v) is 14.0. The SMILES string of the molecule is CC[C@H](NC(=O)[C@H](CS(=O)(=O)CC1CC1)NC(=O)N1CCOCC1)C(=O)N1CN(C(C)(C)C)CO1. The average molecular weight is 518 g/mol. The number of hydrogen-bond acceptors (Lipinski definition) is 8. The monoisotopic (exact) mass is 517 g/mol. The van der Waals surface area contributed by atoms with Gasteiger partial charge in [-0.2, -0.15) is 0 Å². The first-order valence-electron chi connectivity index (χ1n) is 12.2. The summed E-state index contributed by atoms with van der Waals surface area (Å²) in [5.74, 6) is -1.55. The number of nitrogens with zero attached hydrogens (tertiary/aromatic N) is 3. The maximum absolute atomic E-state index is 13.2. The summed E-state index contributed by atoms with van der Waals surface area (Å²) in [6.07, 6.45) is 1.98. The summed E-state index contributed by atoms with van der Waals surface area (Å²) in [4.78, 5) is 48.0. The van der Waals surface area contributed by atoms with Crippen LogP contribution in [-0.4, -0.2) is 110 Å². The largest absolute Gasteiger partial charge is 0.378 e. The average Bonchev–Trinajstić information content (AvgIpc) is 3.44. The Morgan fingerprint density at radius 2 is 1.71 bits per heavy atom. The molecule has 4 amide bonds. The molecule has 2 atom stereocenters. The third-order valence-corrected chi connectivity index (χ3v) is 8.23. The van der Waals surface area contributed by atoms with Gasteiger partial charge >= 0.3 is 6.03 Å². The van der Waals surface area contributed by atoms with Crippen molar-refractivity contribution in [2.45, 2.75) is 64.6 Å². The highest BCUT2D eigenvalue weighted by Gasteiger charge is 2.38. The summed E-state index contributed by atoms with van der Waals surface area (Å²) < 4.78 is 30.7. The fourth-order valence-electron chi connectivity index (χ4n) is 3.86. The van der Waals surface area contributed by atoms with Crippen molar-refractivity contribution >= 4 is 27.7 Å². The van der Waals surface area contributed by atoms with E-state index in [1.807, 2.05) is 25.7 Å². The van der Waals surface area contributed by atoms with Crippen molar-refractivity contribution in [3.8, 4) is 0 Å². The zero-order valence-corrected chi connectivity index (χ0v) is 21.9. The van der Waals surface area contributed by atoms with Crippen LogP contribution in [0.4, 0.5) is 4.79 Å². The predicted molar refractivity (Wildman–Crippen MR) is 128 cm³/mol. The zero-order chi connectivity index (χ0) is 25.8. The molecule has 2 heterocycles. The summed E-state index contributed by atoms with van der Waals surface area (Å²) in [5, 5.41) is 6.44. The second-order valence-corrected chi connectivity index (χ2v) is 12.6. The van der Waals surface area contributed by atoms with Gasteiger partial charge in [0.15, 0.2) is 9.84 Å². The zero-order valence-electron chi connectivity index (χ0n) is 21.1. The van der Waals surface area contributed by atoms with E-state index < -0.39 is 45.5 Å². The third kappa shape index (κ3) is 8.02. The first-order chi connectivity index (χ1) is 16.4. The molecule has 0 bridgehead atoms. The molecule has 3 aliphatic rings. The van der Waals surface area contributed by atoms with E-state index in [-0.39, 0.29) is 37.0 Å². The highest BCUT2D eigenvalue weighted by Crippen LogP contribution is 2.30. The van der Waals surface area contributed by atoms with E-state index in [0.717, 1.165) is 12.8 Å². The normalized spacial score (nSPS) is 21.5. The van der Waals surface area contributed by atoms with Crippen LogP contribution in [-0.2, 0) is 29.0 Å². The Kier molecular flexibility index (Phi) is 9.00. The Bertz CT molecular complexity index is 881. The summed E-state index contributed by atoms with van der Waals surface area (Å²) >= 11 is 0. The third-order valence-electron chi connectivity index (χ3n) is 6.41. The molecule has 0 radical (unpaired) electrons. The Balaban J connectivity index is 1.67.